The van der Waals surface area contributed by atoms with Gasteiger partial charge in [-0.2, -0.15) is 0 Å². The van der Waals surface area contributed by atoms with E-state index in [0.29, 0.717) is 17.9 Å². The summed E-state index contributed by atoms with van der Waals surface area (Å²) in [4.78, 5) is 12.5. The Hall–Kier alpha value is -2.03. The summed E-state index contributed by atoms with van der Waals surface area (Å²) < 4.78 is 11.3. The molecule has 1 aliphatic rings. The highest BCUT2D eigenvalue weighted by atomic mass is 16.5. The van der Waals surface area contributed by atoms with Crippen molar-refractivity contribution in [3.63, 3.8) is 0 Å². The van der Waals surface area contributed by atoms with Gasteiger partial charge in [-0.15, -0.1) is 0 Å². The van der Waals surface area contributed by atoms with Gasteiger partial charge in [0.2, 0.25) is 0 Å². The van der Waals surface area contributed by atoms with Crippen molar-refractivity contribution in [3.05, 3.63) is 58.6 Å². The van der Waals surface area contributed by atoms with Crippen LogP contribution < -0.4 is 0 Å². The molecule has 0 fully saturated rings. The molecule has 0 saturated carbocycles. The molecular formula is C21H28O3. The zero-order chi connectivity index (χ0) is 17.5. The molecule has 1 atom stereocenters. The van der Waals surface area contributed by atoms with Crippen molar-refractivity contribution in [3.8, 4) is 0 Å². The Morgan fingerprint density at radius 2 is 1.83 bits per heavy atom. The second kappa shape index (κ2) is 8.72. The zero-order valence-corrected chi connectivity index (χ0v) is 15.2. The molecule has 1 unspecified atom stereocenters. The monoisotopic (exact) mass is 328 g/mol. The molecule has 1 aromatic rings. The van der Waals surface area contributed by atoms with E-state index in [2.05, 4.69) is 26.0 Å². The highest BCUT2D eigenvalue weighted by molar-refractivity contribution is 5.92. The SMILES string of the molecule is CCCCCC1=C(C)C(c2ccccc2)C(C(=O)OCC)=C(C)O1. The maximum Gasteiger partial charge on any atom is 0.338 e. The number of carbonyl (C=O) groups is 1. The first-order chi connectivity index (χ1) is 11.6. The van der Waals surface area contributed by atoms with Gasteiger partial charge in [0.1, 0.15) is 11.5 Å². The zero-order valence-electron chi connectivity index (χ0n) is 15.2. The molecule has 0 bridgehead atoms. The number of unbranched alkanes of at least 4 members (excludes halogenated alkanes) is 2. The van der Waals surface area contributed by atoms with Crippen LogP contribution in [0, 0.1) is 0 Å². The maximum absolute atomic E-state index is 12.5. The highest BCUT2D eigenvalue weighted by Crippen LogP contribution is 2.41. The summed E-state index contributed by atoms with van der Waals surface area (Å²) in [5, 5.41) is 0. The first-order valence-corrected chi connectivity index (χ1v) is 8.90. The van der Waals surface area contributed by atoms with E-state index in [4.69, 9.17) is 9.47 Å². The Balaban J connectivity index is 2.41. The lowest BCUT2D eigenvalue weighted by molar-refractivity contribution is -0.139. The summed E-state index contributed by atoms with van der Waals surface area (Å²) in [6.45, 7) is 8.33. The molecule has 1 aromatic carbocycles. The summed E-state index contributed by atoms with van der Waals surface area (Å²) in [6.07, 6.45) is 4.38. The smallest absolute Gasteiger partial charge is 0.338 e. The number of allylic oxidation sites excluding steroid dienone is 3. The van der Waals surface area contributed by atoms with E-state index in [0.717, 1.165) is 29.7 Å². The van der Waals surface area contributed by atoms with Crippen molar-refractivity contribution < 1.29 is 14.3 Å². The van der Waals surface area contributed by atoms with Crippen LogP contribution in [0.2, 0.25) is 0 Å². The minimum atomic E-state index is -0.282. The Morgan fingerprint density at radius 1 is 1.12 bits per heavy atom. The van der Waals surface area contributed by atoms with Crippen LogP contribution in [-0.4, -0.2) is 12.6 Å². The Morgan fingerprint density at radius 3 is 2.46 bits per heavy atom. The second-order valence-corrected chi connectivity index (χ2v) is 6.20. The van der Waals surface area contributed by atoms with Gasteiger partial charge in [0, 0.05) is 12.3 Å². The number of rotatable bonds is 7. The number of benzene rings is 1. The fraction of sp³-hybridized carbons (Fsp3) is 0.476. The number of hydrogen-bond acceptors (Lipinski definition) is 3. The summed E-state index contributed by atoms with van der Waals surface area (Å²) >= 11 is 0. The molecule has 0 aliphatic carbocycles. The molecular weight excluding hydrogens is 300 g/mol. The molecule has 0 amide bonds. The maximum atomic E-state index is 12.5. The standard InChI is InChI=1S/C21H28O3/c1-5-7-9-14-18-15(3)19(17-12-10-8-11-13-17)20(16(4)24-18)21(22)23-6-2/h8,10-13,19H,5-7,9,14H2,1-4H3. The molecule has 0 spiro atoms. The third-order valence-electron chi connectivity index (χ3n) is 4.45. The molecule has 130 valence electrons. The van der Waals surface area contributed by atoms with Crippen molar-refractivity contribution in [1.82, 2.24) is 0 Å². The average molecular weight is 328 g/mol. The van der Waals surface area contributed by atoms with E-state index in [-0.39, 0.29) is 11.9 Å². The molecule has 1 heterocycles. The second-order valence-electron chi connectivity index (χ2n) is 6.20. The van der Waals surface area contributed by atoms with Gasteiger partial charge in [0.05, 0.1) is 12.2 Å². The predicted molar refractivity (Wildman–Crippen MR) is 96.4 cm³/mol. The number of esters is 1. The van der Waals surface area contributed by atoms with Crippen LogP contribution in [-0.2, 0) is 14.3 Å². The first kappa shape index (κ1) is 18.3. The summed E-state index contributed by atoms with van der Waals surface area (Å²) in [7, 11) is 0. The average Bonchev–Trinajstić information content (AvgIpc) is 2.58. The number of hydrogen-bond donors (Lipinski definition) is 0. The van der Waals surface area contributed by atoms with Crippen molar-refractivity contribution in [1.29, 1.82) is 0 Å². The number of carbonyl (C=O) groups excluding carboxylic acids is 1. The van der Waals surface area contributed by atoms with E-state index < -0.39 is 0 Å². The predicted octanol–water partition coefficient (Wildman–Crippen LogP) is 5.49. The van der Waals surface area contributed by atoms with Crippen molar-refractivity contribution in [2.24, 2.45) is 0 Å². The van der Waals surface area contributed by atoms with Gasteiger partial charge in [-0.3, -0.25) is 0 Å². The first-order valence-electron chi connectivity index (χ1n) is 8.90. The van der Waals surface area contributed by atoms with Crippen LogP contribution in [0.1, 0.15) is 64.9 Å². The molecule has 0 radical (unpaired) electrons. The van der Waals surface area contributed by atoms with E-state index in [1.807, 2.05) is 32.0 Å². The van der Waals surface area contributed by atoms with Gasteiger partial charge >= 0.3 is 5.97 Å². The lowest BCUT2D eigenvalue weighted by atomic mass is 9.82. The Kier molecular flexibility index (Phi) is 6.65. The Labute approximate surface area is 145 Å². The van der Waals surface area contributed by atoms with Crippen LogP contribution in [0.5, 0.6) is 0 Å². The lowest BCUT2D eigenvalue weighted by Gasteiger charge is -2.30. The van der Waals surface area contributed by atoms with Gasteiger partial charge < -0.3 is 9.47 Å². The van der Waals surface area contributed by atoms with Gasteiger partial charge in [-0.1, -0.05) is 50.1 Å². The topological polar surface area (TPSA) is 35.5 Å². The minimum absolute atomic E-state index is 0.0874. The highest BCUT2D eigenvalue weighted by Gasteiger charge is 2.34. The summed E-state index contributed by atoms with van der Waals surface area (Å²) in [5.41, 5.74) is 2.85. The lowest BCUT2D eigenvalue weighted by Crippen LogP contribution is -2.22. The molecule has 2 rings (SSSR count). The van der Waals surface area contributed by atoms with E-state index in [9.17, 15) is 4.79 Å². The third-order valence-corrected chi connectivity index (χ3v) is 4.45. The summed E-state index contributed by atoms with van der Waals surface area (Å²) in [5.74, 6) is 1.30. The van der Waals surface area contributed by atoms with Gasteiger partial charge in [-0.25, -0.2) is 4.79 Å². The van der Waals surface area contributed by atoms with E-state index >= 15 is 0 Å². The Bertz CT molecular complexity index is 626. The quantitative estimate of drug-likeness (QED) is 0.490. The molecule has 24 heavy (non-hydrogen) atoms. The summed E-state index contributed by atoms with van der Waals surface area (Å²) in [6, 6.07) is 10.1. The third kappa shape index (κ3) is 4.08. The van der Waals surface area contributed by atoms with Crippen LogP contribution in [0.3, 0.4) is 0 Å². The number of ether oxygens (including phenoxy) is 2. The fourth-order valence-corrected chi connectivity index (χ4v) is 3.22. The van der Waals surface area contributed by atoms with Gasteiger partial charge in [0.25, 0.3) is 0 Å². The normalized spacial score (nSPS) is 17.8. The molecule has 0 aromatic heterocycles. The minimum Gasteiger partial charge on any atom is -0.466 e. The van der Waals surface area contributed by atoms with Crippen molar-refractivity contribution in [2.75, 3.05) is 6.61 Å². The van der Waals surface area contributed by atoms with Gasteiger partial charge in [0.15, 0.2) is 0 Å². The molecule has 1 aliphatic heterocycles. The molecule has 0 saturated heterocycles. The molecule has 3 heteroatoms. The van der Waals surface area contributed by atoms with Crippen LogP contribution in [0.15, 0.2) is 53.0 Å². The molecule has 0 N–H and O–H groups in total. The van der Waals surface area contributed by atoms with Gasteiger partial charge in [-0.05, 0) is 38.3 Å². The van der Waals surface area contributed by atoms with Crippen LogP contribution in [0.25, 0.3) is 0 Å². The fourth-order valence-electron chi connectivity index (χ4n) is 3.22. The van der Waals surface area contributed by atoms with E-state index in [1.165, 1.54) is 12.8 Å². The van der Waals surface area contributed by atoms with Crippen LogP contribution in [0.4, 0.5) is 0 Å². The van der Waals surface area contributed by atoms with Crippen molar-refractivity contribution in [2.45, 2.75) is 59.3 Å². The van der Waals surface area contributed by atoms with E-state index in [1.54, 1.807) is 0 Å². The largest absolute Gasteiger partial charge is 0.466 e. The molecule has 3 nitrogen and oxygen atoms in total. The van der Waals surface area contributed by atoms with Crippen LogP contribution >= 0.6 is 0 Å². The van der Waals surface area contributed by atoms with Crippen molar-refractivity contribution >= 4 is 5.97 Å².